The van der Waals surface area contributed by atoms with E-state index in [4.69, 9.17) is 5.11 Å². The molecule has 0 saturated carbocycles. The van der Waals surface area contributed by atoms with Gasteiger partial charge in [-0.05, 0) is 31.0 Å². The summed E-state index contributed by atoms with van der Waals surface area (Å²) in [7, 11) is 0. The topological polar surface area (TPSA) is 40.5 Å². The third-order valence-corrected chi connectivity index (χ3v) is 3.41. The first kappa shape index (κ1) is 17.2. The Morgan fingerprint density at radius 2 is 2.14 bits per heavy atom. The minimum absolute atomic E-state index is 0.153. The van der Waals surface area contributed by atoms with Gasteiger partial charge in [-0.1, -0.05) is 32.1 Å². The number of benzene rings is 1. The number of nitrogens with zero attached hydrogens (tertiary/aromatic N) is 1. The van der Waals surface area contributed by atoms with Crippen LogP contribution in [0.1, 0.15) is 43.1 Å². The Labute approximate surface area is 125 Å². The fourth-order valence-corrected chi connectivity index (χ4v) is 1.97. The number of halogens is 1. The van der Waals surface area contributed by atoms with Gasteiger partial charge in [-0.2, -0.15) is 0 Å². The first-order chi connectivity index (χ1) is 10.0. The Balaban J connectivity index is 3.09. The van der Waals surface area contributed by atoms with Gasteiger partial charge in [0, 0.05) is 18.7 Å². The smallest absolute Gasteiger partial charge is 0.255 e. The molecule has 114 valence electrons. The lowest BCUT2D eigenvalue weighted by Gasteiger charge is -2.24. The Kier molecular flexibility index (Phi) is 6.90. The van der Waals surface area contributed by atoms with Crippen LogP contribution >= 0.6 is 0 Å². The molecule has 21 heavy (non-hydrogen) atoms. The fraction of sp³-hybridized carbons (Fsp3) is 0.471. The molecule has 0 bridgehead atoms. The SMILES string of the molecule is CCC(C)CN(CC)C(=O)c1ccc(F)cc1C#CCO. The number of amides is 1. The summed E-state index contributed by atoms with van der Waals surface area (Å²) in [6, 6.07) is 3.94. The first-order valence-electron chi connectivity index (χ1n) is 7.22. The molecule has 0 aliphatic rings. The molecule has 0 aliphatic carbocycles. The van der Waals surface area contributed by atoms with Crippen LogP contribution in [0.25, 0.3) is 0 Å². The lowest BCUT2D eigenvalue weighted by atomic mass is 10.0. The van der Waals surface area contributed by atoms with Crippen molar-refractivity contribution in [3.8, 4) is 11.8 Å². The van der Waals surface area contributed by atoms with Crippen molar-refractivity contribution in [1.82, 2.24) is 4.90 Å². The van der Waals surface area contributed by atoms with Crippen LogP contribution < -0.4 is 0 Å². The Morgan fingerprint density at radius 3 is 2.71 bits per heavy atom. The maximum absolute atomic E-state index is 13.3. The normalized spacial score (nSPS) is 11.5. The monoisotopic (exact) mass is 291 g/mol. The number of aliphatic hydroxyl groups is 1. The predicted octanol–water partition coefficient (Wildman–Crippen LogP) is 2.68. The van der Waals surface area contributed by atoms with E-state index in [9.17, 15) is 9.18 Å². The average molecular weight is 291 g/mol. The molecule has 1 rings (SSSR count). The molecule has 1 N–H and O–H groups in total. The molecule has 1 amide bonds. The largest absolute Gasteiger partial charge is 0.384 e. The number of carbonyl (C=O) groups is 1. The van der Waals surface area contributed by atoms with Crippen molar-refractivity contribution in [1.29, 1.82) is 0 Å². The lowest BCUT2D eigenvalue weighted by molar-refractivity contribution is 0.0740. The molecule has 0 fully saturated rings. The summed E-state index contributed by atoms with van der Waals surface area (Å²) in [4.78, 5) is 14.3. The van der Waals surface area contributed by atoms with Crippen molar-refractivity contribution >= 4 is 5.91 Å². The third-order valence-electron chi connectivity index (χ3n) is 3.41. The molecule has 1 aromatic rings. The van der Waals surface area contributed by atoms with Crippen LogP contribution in [0, 0.1) is 23.6 Å². The van der Waals surface area contributed by atoms with E-state index >= 15 is 0 Å². The zero-order chi connectivity index (χ0) is 15.8. The van der Waals surface area contributed by atoms with Crippen molar-refractivity contribution < 1.29 is 14.3 Å². The van der Waals surface area contributed by atoms with E-state index in [1.807, 2.05) is 6.92 Å². The predicted molar refractivity (Wildman–Crippen MR) is 81.4 cm³/mol. The van der Waals surface area contributed by atoms with E-state index in [0.717, 1.165) is 6.42 Å². The van der Waals surface area contributed by atoms with Crippen molar-refractivity contribution in [2.24, 2.45) is 5.92 Å². The number of hydrogen-bond acceptors (Lipinski definition) is 2. The van der Waals surface area contributed by atoms with Crippen LogP contribution in [-0.2, 0) is 0 Å². The Bertz CT molecular complexity index is 545. The highest BCUT2D eigenvalue weighted by Gasteiger charge is 2.19. The summed E-state index contributed by atoms with van der Waals surface area (Å²) >= 11 is 0. The maximum Gasteiger partial charge on any atom is 0.255 e. The van der Waals surface area contributed by atoms with Crippen molar-refractivity contribution in [3.63, 3.8) is 0 Å². The molecular weight excluding hydrogens is 269 g/mol. The minimum Gasteiger partial charge on any atom is -0.384 e. The quantitative estimate of drug-likeness (QED) is 0.847. The number of hydrogen-bond donors (Lipinski definition) is 1. The van der Waals surface area contributed by atoms with Crippen molar-refractivity contribution in [2.75, 3.05) is 19.7 Å². The van der Waals surface area contributed by atoms with Crippen LogP contribution in [0.2, 0.25) is 0 Å². The van der Waals surface area contributed by atoms with Crippen molar-refractivity contribution in [2.45, 2.75) is 27.2 Å². The third kappa shape index (κ3) is 4.87. The molecular formula is C17H22FNO2. The van der Waals surface area contributed by atoms with Gasteiger partial charge in [-0.15, -0.1) is 0 Å². The second kappa shape index (κ2) is 8.43. The summed E-state index contributed by atoms with van der Waals surface area (Å²) in [6.45, 7) is 7.02. The molecule has 0 saturated heterocycles. The molecule has 0 heterocycles. The van der Waals surface area contributed by atoms with E-state index < -0.39 is 5.82 Å². The number of carbonyl (C=O) groups excluding carboxylic acids is 1. The van der Waals surface area contributed by atoms with Crippen LogP contribution in [-0.4, -0.2) is 35.6 Å². The molecule has 0 spiro atoms. The molecule has 0 aromatic heterocycles. The van der Waals surface area contributed by atoms with E-state index in [1.54, 1.807) is 4.90 Å². The van der Waals surface area contributed by atoms with Gasteiger partial charge in [0.2, 0.25) is 0 Å². The molecule has 3 nitrogen and oxygen atoms in total. The summed E-state index contributed by atoms with van der Waals surface area (Å²) in [5.74, 6) is 4.91. The van der Waals surface area contributed by atoms with E-state index in [1.165, 1.54) is 18.2 Å². The highest BCUT2D eigenvalue weighted by Crippen LogP contribution is 2.15. The Morgan fingerprint density at radius 1 is 1.43 bits per heavy atom. The summed E-state index contributed by atoms with van der Waals surface area (Å²) < 4.78 is 13.3. The van der Waals surface area contributed by atoms with Crippen LogP contribution in [0.5, 0.6) is 0 Å². The highest BCUT2D eigenvalue weighted by molar-refractivity contribution is 5.96. The highest BCUT2D eigenvalue weighted by atomic mass is 19.1. The van der Waals surface area contributed by atoms with Gasteiger partial charge < -0.3 is 10.0 Å². The van der Waals surface area contributed by atoms with Gasteiger partial charge in [-0.3, -0.25) is 4.79 Å². The molecule has 1 atom stereocenters. The lowest BCUT2D eigenvalue weighted by Crippen LogP contribution is -2.35. The van der Waals surface area contributed by atoms with Gasteiger partial charge in [0.05, 0.1) is 5.56 Å². The molecule has 4 heteroatoms. The minimum atomic E-state index is -0.446. The van der Waals surface area contributed by atoms with Gasteiger partial charge in [-0.25, -0.2) is 4.39 Å². The van der Waals surface area contributed by atoms with Crippen LogP contribution in [0.4, 0.5) is 4.39 Å². The maximum atomic E-state index is 13.3. The summed E-state index contributed by atoms with van der Waals surface area (Å²) in [5.41, 5.74) is 0.694. The van der Waals surface area contributed by atoms with E-state index in [0.29, 0.717) is 30.1 Å². The summed E-state index contributed by atoms with van der Waals surface area (Å²) in [5, 5.41) is 8.77. The van der Waals surface area contributed by atoms with Crippen LogP contribution in [0.3, 0.4) is 0 Å². The van der Waals surface area contributed by atoms with Gasteiger partial charge in [0.1, 0.15) is 12.4 Å². The molecule has 1 aromatic carbocycles. The standard InChI is InChI=1S/C17H22FNO2/c1-4-13(3)12-19(5-2)17(21)16-9-8-15(18)11-14(16)7-6-10-20/h8-9,11,13,20H,4-5,10,12H2,1-3H3. The van der Waals surface area contributed by atoms with Crippen LogP contribution in [0.15, 0.2) is 18.2 Å². The number of rotatable bonds is 5. The second-order valence-electron chi connectivity index (χ2n) is 5.01. The first-order valence-corrected chi connectivity index (χ1v) is 7.22. The summed E-state index contributed by atoms with van der Waals surface area (Å²) in [6.07, 6.45) is 0.990. The fourth-order valence-electron chi connectivity index (χ4n) is 1.97. The van der Waals surface area contributed by atoms with E-state index in [2.05, 4.69) is 25.7 Å². The molecule has 0 radical (unpaired) electrons. The van der Waals surface area contributed by atoms with Crippen molar-refractivity contribution in [3.05, 3.63) is 35.1 Å². The van der Waals surface area contributed by atoms with Gasteiger partial charge >= 0.3 is 0 Å². The number of aliphatic hydroxyl groups excluding tert-OH is 1. The van der Waals surface area contributed by atoms with Gasteiger partial charge in [0.25, 0.3) is 5.91 Å². The molecule has 0 aliphatic heterocycles. The second-order valence-corrected chi connectivity index (χ2v) is 5.01. The zero-order valence-electron chi connectivity index (χ0n) is 12.8. The van der Waals surface area contributed by atoms with Gasteiger partial charge in [0.15, 0.2) is 0 Å². The van der Waals surface area contributed by atoms with E-state index in [-0.39, 0.29) is 12.5 Å². The zero-order valence-corrected chi connectivity index (χ0v) is 12.8. The average Bonchev–Trinajstić information content (AvgIpc) is 2.49. The molecule has 1 unspecified atom stereocenters. The Hall–Kier alpha value is -1.86.